The summed E-state index contributed by atoms with van der Waals surface area (Å²) in [7, 11) is 0. The molecule has 1 N–H and O–H groups in total. The van der Waals surface area contributed by atoms with Gasteiger partial charge >= 0.3 is 6.18 Å². The van der Waals surface area contributed by atoms with E-state index in [1.807, 2.05) is 10.6 Å². The highest BCUT2D eigenvalue weighted by Gasteiger charge is 2.45. The number of alkyl halides is 3. The Balaban J connectivity index is 1.02. The highest BCUT2D eigenvalue weighted by atomic mass is 19.4. The summed E-state index contributed by atoms with van der Waals surface area (Å²) < 4.78 is 41.1. The molecule has 2 saturated heterocycles. The highest BCUT2D eigenvalue weighted by Crippen LogP contribution is 2.44. The van der Waals surface area contributed by atoms with Crippen molar-refractivity contribution in [2.24, 2.45) is 5.41 Å². The second-order valence-corrected chi connectivity index (χ2v) is 12.5. The third-order valence-corrected chi connectivity index (χ3v) is 9.52. The maximum absolute atomic E-state index is 13.0. The molecule has 0 radical (unpaired) electrons. The number of halogens is 3. The van der Waals surface area contributed by atoms with E-state index in [0.29, 0.717) is 29.0 Å². The molecule has 3 aromatic heterocycles. The van der Waals surface area contributed by atoms with Gasteiger partial charge in [0.25, 0.3) is 0 Å². The van der Waals surface area contributed by atoms with Crippen LogP contribution >= 0.6 is 0 Å². The van der Waals surface area contributed by atoms with Crippen LogP contribution in [0.4, 0.5) is 19.0 Å². The SMILES string of the molecule is Cc1c(CN2CCC3(CC2)CN(c2ncnc4ccc(CC(F)(F)F)cc24)C3)ccc2c1cc(C#N)n2Cc1ccc(=O)[nH]c1. The molecule has 8 nitrogen and oxygen atoms in total. The fourth-order valence-corrected chi connectivity index (χ4v) is 7.02. The molecule has 11 heteroatoms. The fourth-order valence-electron chi connectivity index (χ4n) is 7.02. The standard InChI is InChI=1S/C34H32F3N7O/c1-22-25(4-6-30-27(22)13-26(15-38)44(30)17-24-3-7-31(45)39-16-24)18-42-10-8-33(9-11-42)19-43(20-33)32-28-12-23(14-34(35,36)37)2-5-29(28)40-21-41-32/h2-7,12-13,16,21H,8-11,14,17-20H2,1H3,(H,39,45). The van der Waals surface area contributed by atoms with Crippen LogP contribution in [0.1, 0.15) is 40.8 Å². The van der Waals surface area contributed by atoms with Gasteiger partial charge in [-0.2, -0.15) is 18.4 Å². The summed E-state index contributed by atoms with van der Waals surface area (Å²) in [5.74, 6) is 0.713. The van der Waals surface area contributed by atoms with E-state index in [1.165, 1.54) is 29.6 Å². The van der Waals surface area contributed by atoms with Crippen LogP contribution in [0.15, 0.2) is 65.8 Å². The fraction of sp³-hybridized carbons (Fsp3) is 0.353. The van der Waals surface area contributed by atoms with Gasteiger partial charge in [-0.3, -0.25) is 9.69 Å². The van der Waals surface area contributed by atoms with Crippen LogP contribution in [-0.4, -0.2) is 56.8 Å². The average Bonchev–Trinajstić information content (AvgIpc) is 3.36. The molecule has 0 amide bonds. The van der Waals surface area contributed by atoms with Crippen LogP contribution in [0.5, 0.6) is 0 Å². The number of fused-ring (bicyclic) bond motifs is 2. The molecule has 0 aliphatic carbocycles. The highest BCUT2D eigenvalue weighted by molar-refractivity contribution is 5.90. The number of aromatic amines is 1. The number of hydrogen-bond acceptors (Lipinski definition) is 6. The van der Waals surface area contributed by atoms with Gasteiger partial charge in [0.2, 0.25) is 5.56 Å². The van der Waals surface area contributed by atoms with Crippen LogP contribution in [0.2, 0.25) is 0 Å². The molecule has 5 aromatic rings. The first-order valence-electron chi connectivity index (χ1n) is 15.1. The van der Waals surface area contributed by atoms with Crippen molar-refractivity contribution in [3.8, 4) is 6.07 Å². The Morgan fingerprint density at radius 1 is 0.978 bits per heavy atom. The van der Waals surface area contributed by atoms with Crippen LogP contribution in [-0.2, 0) is 19.5 Å². The summed E-state index contributed by atoms with van der Waals surface area (Å²) in [6.07, 6.45) is 0.0314. The first-order chi connectivity index (χ1) is 21.6. The Bertz CT molecular complexity index is 1990. The number of rotatable bonds is 6. The number of hydrogen-bond donors (Lipinski definition) is 1. The van der Waals surface area contributed by atoms with Gasteiger partial charge in [-0.1, -0.05) is 18.2 Å². The smallest absolute Gasteiger partial charge is 0.355 e. The Morgan fingerprint density at radius 3 is 2.47 bits per heavy atom. The maximum atomic E-state index is 13.0. The number of H-pyrrole nitrogens is 1. The van der Waals surface area contributed by atoms with Crippen LogP contribution in [0.25, 0.3) is 21.8 Å². The van der Waals surface area contributed by atoms with E-state index in [1.54, 1.807) is 24.4 Å². The minimum atomic E-state index is -4.26. The van der Waals surface area contributed by atoms with Gasteiger partial charge in [0, 0.05) is 53.6 Å². The lowest BCUT2D eigenvalue weighted by Gasteiger charge is -2.54. The molecule has 2 fully saturated rings. The molecule has 45 heavy (non-hydrogen) atoms. The number of aromatic nitrogens is 4. The number of aryl methyl sites for hydroxylation is 1. The van der Waals surface area contributed by atoms with Crippen LogP contribution in [0.3, 0.4) is 0 Å². The Hall–Kier alpha value is -4.69. The molecule has 0 atom stereocenters. The molecule has 2 aromatic carbocycles. The summed E-state index contributed by atoms with van der Waals surface area (Å²) in [6, 6.07) is 16.5. The maximum Gasteiger partial charge on any atom is 0.393 e. The molecule has 2 aliphatic rings. The average molecular weight is 612 g/mol. The predicted octanol–water partition coefficient (Wildman–Crippen LogP) is 5.71. The molecular weight excluding hydrogens is 579 g/mol. The lowest BCUT2D eigenvalue weighted by Crippen LogP contribution is -2.60. The molecule has 1 spiro atoms. The van der Waals surface area contributed by atoms with Crippen molar-refractivity contribution >= 4 is 27.6 Å². The van der Waals surface area contributed by atoms with Gasteiger partial charge in [-0.25, -0.2) is 9.97 Å². The third-order valence-electron chi connectivity index (χ3n) is 9.52. The Kier molecular flexibility index (Phi) is 7.12. The summed E-state index contributed by atoms with van der Waals surface area (Å²) >= 11 is 0. The number of benzene rings is 2. The number of anilines is 1. The topological polar surface area (TPSA) is 93.8 Å². The zero-order valence-corrected chi connectivity index (χ0v) is 24.9. The largest absolute Gasteiger partial charge is 0.393 e. The van der Waals surface area contributed by atoms with E-state index in [2.05, 4.69) is 49.9 Å². The second kappa shape index (κ2) is 11.0. The van der Waals surface area contributed by atoms with E-state index >= 15 is 0 Å². The van der Waals surface area contributed by atoms with Crippen LogP contribution < -0.4 is 10.5 Å². The molecule has 0 saturated carbocycles. The monoisotopic (exact) mass is 611 g/mol. The van der Waals surface area contributed by atoms with Gasteiger partial charge in [0.1, 0.15) is 23.9 Å². The minimum absolute atomic E-state index is 0.156. The zero-order valence-electron chi connectivity index (χ0n) is 24.9. The molecule has 0 bridgehead atoms. The van der Waals surface area contributed by atoms with E-state index < -0.39 is 12.6 Å². The number of pyridine rings is 1. The Morgan fingerprint density at radius 2 is 1.76 bits per heavy atom. The predicted molar refractivity (Wildman–Crippen MR) is 166 cm³/mol. The summed E-state index contributed by atoms with van der Waals surface area (Å²) in [6.45, 7) is 7.03. The van der Waals surface area contributed by atoms with Crippen molar-refractivity contribution in [2.45, 2.75) is 45.5 Å². The molecule has 2 aliphatic heterocycles. The van der Waals surface area contributed by atoms with Crippen molar-refractivity contribution in [2.75, 3.05) is 31.1 Å². The van der Waals surface area contributed by atoms with E-state index in [-0.39, 0.29) is 16.5 Å². The van der Waals surface area contributed by atoms with Crippen molar-refractivity contribution in [3.63, 3.8) is 0 Å². The summed E-state index contributed by atoms with van der Waals surface area (Å²) in [5, 5.41) is 11.6. The van der Waals surface area contributed by atoms with Crippen molar-refractivity contribution < 1.29 is 13.2 Å². The van der Waals surface area contributed by atoms with Gasteiger partial charge in [0.15, 0.2) is 0 Å². The first-order valence-corrected chi connectivity index (χ1v) is 15.1. The minimum Gasteiger partial charge on any atom is -0.355 e. The second-order valence-electron chi connectivity index (χ2n) is 12.5. The lowest BCUT2D eigenvalue weighted by molar-refractivity contribution is -0.127. The summed E-state index contributed by atoms with van der Waals surface area (Å²) in [4.78, 5) is 27.6. The summed E-state index contributed by atoms with van der Waals surface area (Å²) in [5.41, 5.74) is 5.79. The Labute approximate surface area is 257 Å². The molecule has 7 rings (SSSR count). The normalized spacial score (nSPS) is 16.7. The molecule has 0 unspecified atom stereocenters. The van der Waals surface area contributed by atoms with Crippen molar-refractivity contribution in [1.82, 2.24) is 24.4 Å². The third kappa shape index (κ3) is 5.66. The quantitative estimate of drug-likeness (QED) is 0.265. The van der Waals surface area contributed by atoms with Gasteiger partial charge in [0.05, 0.1) is 18.5 Å². The van der Waals surface area contributed by atoms with Gasteiger partial charge in [-0.15, -0.1) is 0 Å². The van der Waals surface area contributed by atoms with Gasteiger partial charge < -0.3 is 14.5 Å². The number of nitrogens with zero attached hydrogens (tertiary/aromatic N) is 6. The molecule has 230 valence electrons. The first kappa shape index (κ1) is 29.0. The number of likely N-dealkylation sites (tertiary alicyclic amines) is 1. The zero-order chi connectivity index (χ0) is 31.3. The van der Waals surface area contributed by atoms with Gasteiger partial charge in [-0.05, 0) is 79.4 Å². The van der Waals surface area contributed by atoms with Crippen molar-refractivity contribution in [3.05, 3.63) is 99.4 Å². The van der Waals surface area contributed by atoms with E-state index in [9.17, 15) is 23.2 Å². The van der Waals surface area contributed by atoms with Crippen molar-refractivity contribution in [1.29, 1.82) is 5.26 Å². The van der Waals surface area contributed by atoms with E-state index in [4.69, 9.17) is 0 Å². The number of nitrogens with one attached hydrogen (secondary N) is 1. The lowest BCUT2D eigenvalue weighted by atomic mass is 9.72. The molecule has 5 heterocycles. The van der Waals surface area contributed by atoms with E-state index in [0.717, 1.165) is 62.0 Å². The number of piperidine rings is 1. The number of nitriles is 1. The molecular formula is C34H32F3N7O. The van der Waals surface area contributed by atoms with Crippen LogP contribution in [0, 0.1) is 23.7 Å².